The first-order valence-corrected chi connectivity index (χ1v) is 15.7. The molecule has 2 aromatic carbocycles. The molecule has 1 aliphatic rings. The molecule has 2 aromatic heterocycles. The summed E-state index contributed by atoms with van der Waals surface area (Å²) in [5.74, 6) is 0.423. The van der Waals surface area contributed by atoms with E-state index in [1.54, 1.807) is 52.1 Å². The van der Waals surface area contributed by atoms with Crippen molar-refractivity contribution < 1.29 is 37.4 Å². The highest BCUT2D eigenvalue weighted by Crippen LogP contribution is 2.49. The molecule has 15 heteroatoms. The Kier molecular flexibility index (Phi) is 8.92. The minimum Gasteiger partial charge on any atom is -0.462 e. The molecule has 0 spiro atoms. The number of nitrogens with one attached hydrogen (secondary N) is 2. The minimum atomic E-state index is -4.37. The topological polar surface area (TPSA) is 159 Å². The van der Waals surface area contributed by atoms with Gasteiger partial charge in [-0.1, -0.05) is 36.4 Å². The van der Waals surface area contributed by atoms with E-state index in [4.69, 9.17) is 18.5 Å². The highest BCUT2D eigenvalue weighted by atomic mass is 31.2. The molecule has 1 saturated heterocycles. The molecule has 1 unspecified atom stereocenters. The summed E-state index contributed by atoms with van der Waals surface area (Å²) in [6.45, 7) is 7.15. The predicted molar refractivity (Wildman–Crippen MR) is 161 cm³/mol. The lowest BCUT2D eigenvalue weighted by Gasteiger charge is -2.26. The highest BCUT2D eigenvalue weighted by Gasteiger charge is 2.56. The van der Waals surface area contributed by atoms with Crippen molar-refractivity contribution in [1.82, 2.24) is 24.6 Å². The predicted octanol–water partition coefficient (Wildman–Crippen LogP) is 4.45. The average molecular weight is 631 g/mol. The number of anilines is 1. The van der Waals surface area contributed by atoms with Gasteiger partial charge in [-0.05, 0) is 46.1 Å². The summed E-state index contributed by atoms with van der Waals surface area (Å²) in [6, 6.07) is 11.4. The van der Waals surface area contributed by atoms with Crippen LogP contribution in [0, 0.1) is 6.92 Å². The maximum Gasteiger partial charge on any atom is 0.459 e. The number of imidazole rings is 1. The Labute approximate surface area is 253 Å². The normalized spacial score (nSPS) is 24.0. The second kappa shape index (κ2) is 12.4. The molecule has 3 heterocycles. The Balaban J connectivity index is 1.42. The minimum absolute atomic E-state index is 0.227. The SMILES string of the molecule is CNc1nc(C)nc2c1ncn2[C@@H]1O[C@H](COP(=O)(N[C@H](C)C(=O)OC(C)C)Oc2cccc3ccccc23)[C@@H](O)[C@@]1(C)F. The number of ether oxygens (including phenoxy) is 2. The van der Waals surface area contributed by atoms with E-state index >= 15 is 4.39 Å². The number of aryl methyl sites for hydroxylation is 1. The zero-order chi connectivity index (χ0) is 31.8. The molecular formula is C29H36FN6O7P. The van der Waals surface area contributed by atoms with E-state index in [0.29, 0.717) is 28.2 Å². The summed E-state index contributed by atoms with van der Waals surface area (Å²) >= 11 is 0. The highest BCUT2D eigenvalue weighted by molar-refractivity contribution is 7.52. The summed E-state index contributed by atoms with van der Waals surface area (Å²) in [5.41, 5.74) is -1.64. The third-order valence-electron chi connectivity index (χ3n) is 7.17. The molecule has 1 aliphatic heterocycles. The lowest BCUT2D eigenvalue weighted by molar-refractivity contribution is -0.149. The first-order valence-electron chi connectivity index (χ1n) is 14.1. The lowest BCUT2D eigenvalue weighted by Crippen LogP contribution is -2.41. The summed E-state index contributed by atoms with van der Waals surface area (Å²) in [4.78, 5) is 25.6. The van der Waals surface area contributed by atoms with Crippen LogP contribution in [0.3, 0.4) is 0 Å². The van der Waals surface area contributed by atoms with Gasteiger partial charge in [0, 0.05) is 12.4 Å². The molecule has 0 bridgehead atoms. The summed E-state index contributed by atoms with van der Waals surface area (Å²) < 4.78 is 54.7. The zero-order valence-electron chi connectivity index (χ0n) is 25.2. The molecule has 3 N–H and O–H groups in total. The molecule has 0 aliphatic carbocycles. The largest absolute Gasteiger partial charge is 0.462 e. The number of aliphatic hydroxyl groups is 1. The smallest absolute Gasteiger partial charge is 0.459 e. The van der Waals surface area contributed by atoms with Gasteiger partial charge in [0.05, 0.1) is 19.0 Å². The third kappa shape index (κ3) is 6.26. The van der Waals surface area contributed by atoms with Crippen molar-refractivity contribution in [1.29, 1.82) is 0 Å². The summed E-state index contributed by atoms with van der Waals surface area (Å²) in [7, 11) is -2.69. The molecule has 6 atom stereocenters. The Morgan fingerprint density at radius 3 is 2.66 bits per heavy atom. The number of carbonyl (C=O) groups is 1. The molecule has 0 radical (unpaired) electrons. The molecule has 0 amide bonds. The first kappa shape index (κ1) is 31.7. The van der Waals surface area contributed by atoms with Crippen molar-refractivity contribution in [3.63, 3.8) is 0 Å². The maximum atomic E-state index is 16.2. The Morgan fingerprint density at radius 2 is 1.93 bits per heavy atom. The molecule has 0 saturated carbocycles. The van der Waals surface area contributed by atoms with Crippen LogP contribution in [0.2, 0.25) is 0 Å². The van der Waals surface area contributed by atoms with Crippen LogP contribution in [-0.2, 0) is 23.4 Å². The van der Waals surface area contributed by atoms with Crippen LogP contribution >= 0.6 is 7.75 Å². The quantitative estimate of drug-likeness (QED) is 0.158. The van der Waals surface area contributed by atoms with Crippen molar-refractivity contribution in [2.24, 2.45) is 0 Å². The van der Waals surface area contributed by atoms with E-state index in [0.717, 1.165) is 5.39 Å². The van der Waals surface area contributed by atoms with Crippen molar-refractivity contribution in [3.05, 3.63) is 54.6 Å². The van der Waals surface area contributed by atoms with E-state index in [9.17, 15) is 14.5 Å². The van der Waals surface area contributed by atoms with Gasteiger partial charge in [0.15, 0.2) is 28.9 Å². The fourth-order valence-corrected chi connectivity index (χ4v) is 6.53. The third-order valence-corrected chi connectivity index (χ3v) is 8.80. The number of aromatic nitrogens is 4. The van der Waals surface area contributed by atoms with E-state index in [1.165, 1.54) is 24.7 Å². The first-order chi connectivity index (χ1) is 20.8. The Bertz CT molecular complexity index is 1710. The number of alkyl halides is 1. The number of esters is 1. The number of nitrogens with zero attached hydrogens (tertiary/aromatic N) is 4. The number of hydrogen-bond acceptors (Lipinski definition) is 11. The fourth-order valence-electron chi connectivity index (χ4n) is 5.01. The van der Waals surface area contributed by atoms with Crippen LogP contribution in [0.1, 0.15) is 39.7 Å². The van der Waals surface area contributed by atoms with E-state index < -0.39 is 56.6 Å². The van der Waals surface area contributed by atoms with Crippen LogP contribution < -0.4 is 14.9 Å². The summed E-state index contributed by atoms with van der Waals surface area (Å²) in [5, 5.41) is 18.1. The number of hydrogen-bond donors (Lipinski definition) is 3. The van der Waals surface area contributed by atoms with Crippen molar-refractivity contribution in [3.8, 4) is 5.75 Å². The van der Waals surface area contributed by atoms with Gasteiger partial charge in [-0.15, -0.1) is 0 Å². The van der Waals surface area contributed by atoms with E-state index in [2.05, 4.69) is 25.4 Å². The van der Waals surface area contributed by atoms with Crippen molar-refractivity contribution in [2.75, 3.05) is 19.0 Å². The zero-order valence-corrected chi connectivity index (χ0v) is 26.1. The molecule has 5 rings (SSSR count). The number of fused-ring (bicyclic) bond motifs is 2. The van der Waals surface area contributed by atoms with Gasteiger partial charge in [-0.2, -0.15) is 5.09 Å². The average Bonchev–Trinajstić information content (AvgIpc) is 3.48. The monoisotopic (exact) mass is 630 g/mol. The van der Waals surface area contributed by atoms with Gasteiger partial charge >= 0.3 is 13.7 Å². The van der Waals surface area contributed by atoms with Crippen LogP contribution in [-0.4, -0.2) is 74.3 Å². The Hall–Kier alpha value is -3.68. The number of carbonyl (C=O) groups excluding carboxylic acids is 1. The van der Waals surface area contributed by atoms with Gasteiger partial charge in [0.1, 0.15) is 29.8 Å². The van der Waals surface area contributed by atoms with Crippen molar-refractivity contribution in [2.45, 2.75) is 70.9 Å². The molecule has 4 aromatic rings. The molecule has 1 fully saturated rings. The van der Waals surface area contributed by atoms with Gasteiger partial charge in [-0.3, -0.25) is 13.9 Å². The van der Waals surface area contributed by atoms with Gasteiger partial charge in [0.25, 0.3) is 0 Å². The summed E-state index contributed by atoms with van der Waals surface area (Å²) in [6.07, 6.45) is -3.41. The number of rotatable bonds is 11. The number of aliphatic hydroxyl groups excluding tert-OH is 1. The van der Waals surface area contributed by atoms with Crippen LogP contribution in [0.4, 0.5) is 10.2 Å². The number of halogens is 1. The van der Waals surface area contributed by atoms with Crippen LogP contribution in [0.5, 0.6) is 5.75 Å². The fraction of sp³-hybridized carbons (Fsp3) is 0.448. The Morgan fingerprint density at radius 1 is 1.20 bits per heavy atom. The molecule has 44 heavy (non-hydrogen) atoms. The van der Waals surface area contributed by atoms with Crippen LogP contribution in [0.25, 0.3) is 21.9 Å². The molecule has 236 valence electrons. The number of benzene rings is 2. The van der Waals surface area contributed by atoms with Gasteiger partial charge in [-0.25, -0.2) is 23.9 Å². The lowest BCUT2D eigenvalue weighted by atomic mass is 9.98. The molecular weight excluding hydrogens is 594 g/mol. The maximum absolute atomic E-state index is 16.2. The second-order valence-corrected chi connectivity index (χ2v) is 12.7. The van der Waals surface area contributed by atoms with E-state index in [-0.39, 0.29) is 5.75 Å². The second-order valence-electron chi connectivity index (χ2n) is 11.0. The van der Waals surface area contributed by atoms with Crippen LogP contribution in [0.15, 0.2) is 48.8 Å². The van der Waals surface area contributed by atoms with Crippen molar-refractivity contribution >= 4 is 41.5 Å². The van der Waals surface area contributed by atoms with Gasteiger partial charge < -0.3 is 24.4 Å². The van der Waals surface area contributed by atoms with Gasteiger partial charge in [0.2, 0.25) is 0 Å². The molecule has 13 nitrogen and oxygen atoms in total. The van der Waals surface area contributed by atoms with E-state index in [1.807, 2.05) is 18.2 Å². The standard InChI is InChI=1S/C29H36FN6O7P/c1-16(2)41-27(38)17(3)35-44(39,43-21-13-9-11-19-10-7-8-12-20(19)21)40-14-22-24(37)29(5,30)28(42-22)36-15-32-23-25(31-6)33-18(4)34-26(23)36/h7-13,15-17,22,24,28,37H,14H2,1-6H3,(H,35,39)(H,31,33,34)/t17-,22-,24-,28-,29-,44?/m1/s1.